The number of aromatic nitrogens is 1. The number of unbranched alkanes of at least 4 members (excludes halogenated alkanes) is 3. The Morgan fingerprint density at radius 2 is 2.10 bits per heavy atom. The van der Waals surface area contributed by atoms with Gasteiger partial charge in [-0.3, -0.25) is 4.98 Å². The van der Waals surface area contributed by atoms with Crippen molar-refractivity contribution in [1.29, 1.82) is 0 Å². The number of nitrogens with zero attached hydrogens (tertiary/aromatic N) is 1. The van der Waals surface area contributed by atoms with Crippen LogP contribution in [0, 0.1) is 18.8 Å². The van der Waals surface area contributed by atoms with E-state index in [1.54, 1.807) is 11.3 Å². The lowest BCUT2D eigenvalue weighted by Crippen LogP contribution is -1.79. The zero-order chi connectivity index (χ0) is 14.9. The lowest BCUT2D eigenvalue weighted by Gasteiger charge is -1.93. The first kappa shape index (κ1) is 15.5. The third kappa shape index (κ3) is 5.57. The zero-order valence-corrected chi connectivity index (χ0v) is 13.5. The van der Waals surface area contributed by atoms with Crippen LogP contribution < -0.4 is 0 Å². The van der Waals surface area contributed by atoms with Crippen molar-refractivity contribution < 1.29 is 0 Å². The van der Waals surface area contributed by atoms with Gasteiger partial charge < -0.3 is 0 Å². The number of thiophene rings is 1. The normalized spacial score (nSPS) is 10.6. The van der Waals surface area contributed by atoms with Gasteiger partial charge in [0.15, 0.2) is 0 Å². The van der Waals surface area contributed by atoms with Crippen LogP contribution >= 0.6 is 11.3 Å². The van der Waals surface area contributed by atoms with E-state index in [-0.39, 0.29) is 0 Å². The molecule has 21 heavy (non-hydrogen) atoms. The Kier molecular flexibility index (Phi) is 6.24. The van der Waals surface area contributed by atoms with Gasteiger partial charge in [0, 0.05) is 23.2 Å². The van der Waals surface area contributed by atoms with Crippen LogP contribution in [0.4, 0.5) is 0 Å². The fourth-order valence-electron chi connectivity index (χ4n) is 1.97. The van der Waals surface area contributed by atoms with Crippen LogP contribution in [0.1, 0.15) is 53.6 Å². The molecule has 2 heteroatoms. The molecule has 0 saturated carbocycles. The molecule has 0 spiro atoms. The predicted molar refractivity (Wildman–Crippen MR) is 93.2 cm³/mol. The molecule has 0 aliphatic carbocycles. The topological polar surface area (TPSA) is 12.9 Å². The molecule has 0 aromatic carbocycles. The van der Waals surface area contributed by atoms with Gasteiger partial charge in [0.2, 0.25) is 0 Å². The van der Waals surface area contributed by atoms with Crippen LogP contribution in [-0.2, 0) is 0 Å². The van der Waals surface area contributed by atoms with Crippen LogP contribution in [0.2, 0.25) is 0 Å². The first-order valence-corrected chi connectivity index (χ1v) is 8.29. The molecule has 2 heterocycles. The Labute approximate surface area is 131 Å². The lowest BCUT2D eigenvalue weighted by atomic mass is 10.2. The summed E-state index contributed by atoms with van der Waals surface area (Å²) in [5.41, 5.74) is 2.23. The Balaban J connectivity index is 1.93. The van der Waals surface area contributed by atoms with Crippen molar-refractivity contribution in [1.82, 2.24) is 4.98 Å². The van der Waals surface area contributed by atoms with E-state index >= 15 is 0 Å². The highest BCUT2D eigenvalue weighted by Gasteiger charge is 1.94. The molecule has 0 aliphatic heterocycles. The van der Waals surface area contributed by atoms with E-state index in [9.17, 15) is 0 Å². The van der Waals surface area contributed by atoms with Crippen LogP contribution in [0.15, 0.2) is 30.5 Å². The maximum absolute atomic E-state index is 4.20. The van der Waals surface area contributed by atoms with Gasteiger partial charge in [0.05, 0.1) is 4.88 Å². The minimum Gasteiger partial charge on any atom is -0.262 e. The Hall–Kier alpha value is -1.85. The van der Waals surface area contributed by atoms with E-state index < -0.39 is 0 Å². The second-order valence-electron chi connectivity index (χ2n) is 5.02. The summed E-state index contributed by atoms with van der Waals surface area (Å²) < 4.78 is 0. The second-order valence-corrected chi connectivity index (χ2v) is 6.14. The van der Waals surface area contributed by atoms with Crippen molar-refractivity contribution in [2.75, 3.05) is 0 Å². The molecule has 0 bridgehead atoms. The maximum atomic E-state index is 4.20. The zero-order valence-electron chi connectivity index (χ0n) is 12.7. The summed E-state index contributed by atoms with van der Waals surface area (Å²) in [5, 5.41) is 0. The number of hydrogen-bond acceptors (Lipinski definition) is 2. The highest BCUT2D eigenvalue weighted by atomic mass is 32.1. The van der Waals surface area contributed by atoms with E-state index in [0.29, 0.717) is 0 Å². The summed E-state index contributed by atoms with van der Waals surface area (Å²) in [6.45, 7) is 4.23. The van der Waals surface area contributed by atoms with Crippen LogP contribution in [-0.4, -0.2) is 4.98 Å². The molecule has 1 nitrogen and oxygen atoms in total. The summed E-state index contributed by atoms with van der Waals surface area (Å²) in [4.78, 5) is 6.59. The fourth-order valence-corrected chi connectivity index (χ4v) is 2.76. The Bertz CT molecular complexity index is 655. The van der Waals surface area contributed by atoms with Gasteiger partial charge in [-0.2, -0.15) is 0 Å². The van der Waals surface area contributed by atoms with Gasteiger partial charge in [-0.1, -0.05) is 37.7 Å². The minimum atomic E-state index is 1.01. The lowest BCUT2D eigenvalue weighted by molar-refractivity contribution is 0.737. The smallest absolute Gasteiger partial charge is 0.0774 e. The molecule has 2 aromatic rings. The van der Waals surface area contributed by atoms with Gasteiger partial charge in [-0.15, -0.1) is 11.3 Å². The second kappa shape index (κ2) is 8.44. The maximum Gasteiger partial charge on any atom is 0.0774 e. The summed E-state index contributed by atoms with van der Waals surface area (Å²) >= 11 is 1.74. The van der Waals surface area contributed by atoms with Gasteiger partial charge >= 0.3 is 0 Å². The van der Waals surface area contributed by atoms with Crippen molar-refractivity contribution in [3.05, 3.63) is 51.5 Å². The summed E-state index contributed by atoms with van der Waals surface area (Å²) in [7, 11) is 0. The van der Waals surface area contributed by atoms with Gasteiger partial charge in [-0.25, -0.2) is 0 Å². The van der Waals surface area contributed by atoms with Gasteiger partial charge in [-0.05, 0) is 49.2 Å². The van der Waals surface area contributed by atoms with E-state index in [2.05, 4.69) is 54.1 Å². The quantitative estimate of drug-likeness (QED) is 0.520. The SMILES string of the molecule is CCCCCC#Cc1ccc(C=Cc2ccnc(C)c2)s1. The van der Waals surface area contributed by atoms with Crippen molar-refractivity contribution in [3.63, 3.8) is 0 Å². The molecule has 0 unspecified atom stereocenters. The molecular formula is C19H21NS. The number of pyridine rings is 1. The molecule has 0 amide bonds. The first-order chi connectivity index (χ1) is 10.3. The van der Waals surface area contributed by atoms with Crippen molar-refractivity contribution in [2.45, 2.75) is 39.5 Å². The predicted octanol–water partition coefficient (Wildman–Crippen LogP) is 5.55. The van der Waals surface area contributed by atoms with E-state index in [4.69, 9.17) is 0 Å². The summed E-state index contributed by atoms with van der Waals surface area (Å²) in [6.07, 6.45) is 10.9. The minimum absolute atomic E-state index is 1.01. The van der Waals surface area contributed by atoms with Crippen molar-refractivity contribution >= 4 is 23.5 Å². The number of aryl methyl sites for hydroxylation is 1. The molecule has 0 saturated heterocycles. The third-order valence-corrected chi connectivity index (χ3v) is 4.07. The summed E-state index contributed by atoms with van der Waals surface area (Å²) in [6, 6.07) is 8.34. The van der Waals surface area contributed by atoms with E-state index in [0.717, 1.165) is 17.0 Å². The Morgan fingerprint density at radius 1 is 1.19 bits per heavy atom. The molecule has 0 aliphatic rings. The molecule has 2 rings (SSSR count). The molecule has 2 aromatic heterocycles. The van der Waals surface area contributed by atoms with Crippen molar-refractivity contribution in [3.8, 4) is 11.8 Å². The summed E-state index contributed by atoms with van der Waals surface area (Å²) in [5.74, 6) is 6.52. The average molecular weight is 295 g/mol. The molecule has 0 atom stereocenters. The molecule has 0 fully saturated rings. The van der Waals surface area contributed by atoms with E-state index in [1.807, 2.05) is 19.2 Å². The largest absolute Gasteiger partial charge is 0.262 e. The van der Waals surface area contributed by atoms with Gasteiger partial charge in [0.25, 0.3) is 0 Å². The third-order valence-electron chi connectivity index (χ3n) is 3.10. The number of hydrogen-bond donors (Lipinski definition) is 0. The average Bonchev–Trinajstić information content (AvgIpc) is 2.93. The van der Waals surface area contributed by atoms with Gasteiger partial charge in [0.1, 0.15) is 0 Å². The first-order valence-electron chi connectivity index (χ1n) is 7.47. The van der Waals surface area contributed by atoms with Crippen molar-refractivity contribution in [2.24, 2.45) is 0 Å². The molecule has 108 valence electrons. The van der Waals surface area contributed by atoms with E-state index in [1.165, 1.54) is 29.7 Å². The molecule has 0 N–H and O–H groups in total. The van der Waals surface area contributed by atoms with Crippen LogP contribution in [0.25, 0.3) is 12.2 Å². The molecular weight excluding hydrogens is 274 g/mol. The Morgan fingerprint density at radius 3 is 2.90 bits per heavy atom. The van der Waals surface area contributed by atoms with Crippen LogP contribution in [0.3, 0.4) is 0 Å². The standard InChI is InChI=1S/C19H21NS/c1-3-4-5-6-7-8-18-11-12-19(21-18)10-9-17-13-14-20-16(2)15-17/h9-15H,3-6H2,1-2H3. The highest BCUT2D eigenvalue weighted by Crippen LogP contribution is 2.18. The highest BCUT2D eigenvalue weighted by molar-refractivity contribution is 7.13. The fraction of sp³-hybridized carbons (Fsp3) is 0.316. The molecule has 0 radical (unpaired) electrons. The monoisotopic (exact) mass is 295 g/mol. The number of rotatable bonds is 5. The van der Waals surface area contributed by atoms with Crippen LogP contribution in [0.5, 0.6) is 0 Å².